The number of rotatable bonds is 3. The average molecular weight is 257 g/mol. The van der Waals surface area contributed by atoms with Crippen LogP contribution in [-0.2, 0) is 0 Å². The maximum atomic E-state index is 8.84. The molecule has 0 bridgehead atoms. The molecule has 1 aromatic carbocycles. The largest absolute Gasteiger partial charge is 0.261 e. The zero-order valence-corrected chi connectivity index (χ0v) is 11.2. The average Bonchev–Trinajstić information content (AvgIpc) is 3.11. The van der Waals surface area contributed by atoms with Crippen molar-refractivity contribution in [3.8, 4) is 6.07 Å². The Kier molecular flexibility index (Phi) is 2.79. The van der Waals surface area contributed by atoms with Crippen LogP contribution in [0.25, 0.3) is 10.9 Å². The van der Waals surface area contributed by atoms with Gasteiger partial charge in [0.05, 0.1) is 29.7 Å². The molecule has 1 saturated carbocycles. The van der Waals surface area contributed by atoms with Crippen molar-refractivity contribution in [3.05, 3.63) is 23.9 Å². The molecule has 4 heteroatoms. The molecule has 1 aliphatic rings. The van der Waals surface area contributed by atoms with E-state index in [-0.39, 0.29) is 6.04 Å². The number of nitrogens with zero attached hydrogens (tertiary/aromatic N) is 3. The standard InChI is InChI=1S/C14H15N3S/c1-9(6-7-15)17-13-5-4-11(18)8-12(13)14(16-17)10-2-3-10/h4-5,8-10,18H,2-3,6H2,1H3/t9-/m1/s1. The molecule has 1 fully saturated rings. The fraction of sp³-hybridized carbons (Fsp3) is 0.429. The molecule has 0 N–H and O–H groups in total. The van der Waals surface area contributed by atoms with E-state index < -0.39 is 0 Å². The van der Waals surface area contributed by atoms with Crippen LogP contribution in [0.5, 0.6) is 0 Å². The van der Waals surface area contributed by atoms with Crippen LogP contribution < -0.4 is 0 Å². The highest BCUT2D eigenvalue weighted by atomic mass is 32.1. The Balaban J connectivity index is 2.17. The fourth-order valence-corrected chi connectivity index (χ4v) is 2.57. The number of thiol groups is 1. The summed E-state index contributed by atoms with van der Waals surface area (Å²) in [6.07, 6.45) is 2.95. The van der Waals surface area contributed by atoms with Gasteiger partial charge in [-0.05, 0) is 38.0 Å². The van der Waals surface area contributed by atoms with E-state index in [0.717, 1.165) is 10.4 Å². The van der Waals surface area contributed by atoms with Crippen LogP contribution >= 0.6 is 12.6 Å². The Morgan fingerprint density at radius 1 is 1.56 bits per heavy atom. The third-order valence-electron chi connectivity index (χ3n) is 3.49. The van der Waals surface area contributed by atoms with Crippen molar-refractivity contribution in [2.24, 2.45) is 0 Å². The quantitative estimate of drug-likeness (QED) is 0.852. The molecular weight excluding hydrogens is 242 g/mol. The van der Waals surface area contributed by atoms with E-state index >= 15 is 0 Å². The van der Waals surface area contributed by atoms with E-state index in [9.17, 15) is 0 Å². The molecule has 1 heterocycles. The molecule has 3 rings (SSSR count). The van der Waals surface area contributed by atoms with E-state index in [2.05, 4.69) is 30.8 Å². The van der Waals surface area contributed by atoms with Gasteiger partial charge in [-0.3, -0.25) is 4.68 Å². The Morgan fingerprint density at radius 2 is 2.33 bits per heavy atom. The summed E-state index contributed by atoms with van der Waals surface area (Å²) < 4.78 is 2.00. The Labute approximate surface area is 112 Å². The highest BCUT2D eigenvalue weighted by Gasteiger charge is 2.29. The Bertz CT molecular complexity index is 634. The lowest BCUT2D eigenvalue weighted by molar-refractivity contribution is 0.511. The number of benzene rings is 1. The summed E-state index contributed by atoms with van der Waals surface area (Å²) >= 11 is 4.41. The molecule has 1 atom stereocenters. The summed E-state index contributed by atoms with van der Waals surface area (Å²) in [4.78, 5) is 0.969. The molecule has 0 aliphatic heterocycles. The van der Waals surface area contributed by atoms with E-state index in [1.54, 1.807) is 0 Å². The molecule has 1 aromatic heterocycles. The van der Waals surface area contributed by atoms with Gasteiger partial charge >= 0.3 is 0 Å². The normalized spacial score (nSPS) is 16.7. The van der Waals surface area contributed by atoms with Gasteiger partial charge in [0.15, 0.2) is 0 Å². The van der Waals surface area contributed by atoms with Crippen LogP contribution in [0.1, 0.15) is 43.8 Å². The van der Waals surface area contributed by atoms with E-state index in [0.29, 0.717) is 12.3 Å². The maximum absolute atomic E-state index is 8.84. The molecule has 0 saturated heterocycles. The number of nitriles is 1. The van der Waals surface area contributed by atoms with Gasteiger partial charge in [-0.25, -0.2) is 0 Å². The van der Waals surface area contributed by atoms with Gasteiger partial charge in [0.1, 0.15) is 0 Å². The van der Waals surface area contributed by atoms with Crippen LogP contribution in [0.2, 0.25) is 0 Å². The van der Waals surface area contributed by atoms with Crippen LogP contribution in [0.3, 0.4) is 0 Å². The lowest BCUT2D eigenvalue weighted by Gasteiger charge is -2.09. The lowest BCUT2D eigenvalue weighted by atomic mass is 10.1. The van der Waals surface area contributed by atoms with Gasteiger partial charge in [-0.1, -0.05) is 0 Å². The first-order valence-corrected chi connectivity index (χ1v) is 6.73. The van der Waals surface area contributed by atoms with E-state index in [1.807, 2.05) is 17.7 Å². The second kappa shape index (κ2) is 4.33. The predicted molar refractivity (Wildman–Crippen MR) is 73.9 cm³/mol. The van der Waals surface area contributed by atoms with Gasteiger partial charge in [-0.2, -0.15) is 10.4 Å². The summed E-state index contributed by atoms with van der Waals surface area (Å²) in [6, 6.07) is 8.48. The monoisotopic (exact) mass is 257 g/mol. The summed E-state index contributed by atoms with van der Waals surface area (Å²) in [5, 5.41) is 14.8. The Hall–Kier alpha value is -1.47. The first-order valence-electron chi connectivity index (χ1n) is 6.28. The molecule has 3 nitrogen and oxygen atoms in total. The first-order chi connectivity index (χ1) is 8.70. The fourth-order valence-electron chi connectivity index (χ4n) is 2.37. The van der Waals surface area contributed by atoms with Crippen LogP contribution in [0.4, 0.5) is 0 Å². The highest BCUT2D eigenvalue weighted by molar-refractivity contribution is 7.80. The molecule has 18 heavy (non-hydrogen) atoms. The third kappa shape index (κ3) is 1.89. The molecule has 0 spiro atoms. The summed E-state index contributed by atoms with van der Waals surface area (Å²) in [5.41, 5.74) is 2.31. The number of hydrogen-bond acceptors (Lipinski definition) is 3. The molecule has 92 valence electrons. The number of fused-ring (bicyclic) bond motifs is 1. The van der Waals surface area contributed by atoms with Crippen molar-refractivity contribution in [2.45, 2.75) is 43.0 Å². The number of aromatic nitrogens is 2. The van der Waals surface area contributed by atoms with Gasteiger partial charge in [-0.15, -0.1) is 12.6 Å². The molecule has 0 amide bonds. The van der Waals surface area contributed by atoms with Crippen LogP contribution in [-0.4, -0.2) is 9.78 Å². The molecule has 2 aromatic rings. The Morgan fingerprint density at radius 3 is 3.00 bits per heavy atom. The minimum atomic E-state index is 0.121. The van der Waals surface area contributed by atoms with Crippen LogP contribution in [0, 0.1) is 11.3 Å². The molecule has 1 aliphatic carbocycles. The van der Waals surface area contributed by atoms with Gasteiger partial charge in [0, 0.05) is 16.2 Å². The minimum absolute atomic E-state index is 0.121. The molecular formula is C14H15N3S. The number of hydrogen-bond donors (Lipinski definition) is 1. The second-order valence-corrected chi connectivity index (χ2v) is 5.53. The second-order valence-electron chi connectivity index (χ2n) is 5.02. The minimum Gasteiger partial charge on any atom is -0.261 e. The topological polar surface area (TPSA) is 41.6 Å². The highest BCUT2D eigenvalue weighted by Crippen LogP contribution is 2.43. The first kappa shape index (κ1) is 11.6. The van der Waals surface area contributed by atoms with Crippen molar-refractivity contribution >= 4 is 23.5 Å². The van der Waals surface area contributed by atoms with Crippen molar-refractivity contribution in [1.82, 2.24) is 9.78 Å². The van der Waals surface area contributed by atoms with Crippen molar-refractivity contribution in [3.63, 3.8) is 0 Å². The summed E-state index contributed by atoms with van der Waals surface area (Å²) in [5.74, 6) is 0.609. The smallest absolute Gasteiger partial charge is 0.0734 e. The van der Waals surface area contributed by atoms with Gasteiger partial charge in [0.25, 0.3) is 0 Å². The summed E-state index contributed by atoms with van der Waals surface area (Å²) in [6.45, 7) is 2.04. The maximum Gasteiger partial charge on any atom is 0.0734 e. The van der Waals surface area contributed by atoms with E-state index in [4.69, 9.17) is 10.4 Å². The van der Waals surface area contributed by atoms with Crippen molar-refractivity contribution in [1.29, 1.82) is 5.26 Å². The van der Waals surface area contributed by atoms with Crippen molar-refractivity contribution < 1.29 is 0 Å². The molecule has 0 unspecified atom stereocenters. The molecule has 0 radical (unpaired) electrons. The van der Waals surface area contributed by atoms with Gasteiger partial charge in [0.2, 0.25) is 0 Å². The zero-order valence-electron chi connectivity index (χ0n) is 10.3. The lowest BCUT2D eigenvalue weighted by Crippen LogP contribution is -2.06. The van der Waals surface area contributed by atoms with E-state index in [1.165, 1.54) is 23.9 Å². The van der Waals surface area contributed by atoms with Crippen LogP contribution in [0.15, 0.2) is 23.1 Å². The summed E-state index contributed by atoms with van der Waals surface area (Å²) in [7, 11) is 0. The zero-order chi connectivity index (χ0) is 12.7. The predicted octanol–water partition coefficient (Wildman–Crippen LogP) is 3.68. The van der Waals surface area contributed by atoms with Crippen molar-refractivity contribution in [2.75, 3.05) is 0 Å². The SMILES string of the molecule is C[C@H](CC#N)n1nc(C2CC2)c2cc(S)ccc21. The van der Waals surface area contributed by atoms with Gasteiger partial charge < -0.3 is 0 Å². The third-order valence-corrected chi connectivity index (χ3v) is 3.76.